The first-order valence-electron chi connectivity index (χ1n) is 7.57. The number of hydrogen-bond acceptors (Lipinski definition) is 2. The van der Waals surface area contributed by atoms with Gasteiger partial charge in [-0.3, -0.25) is 4.79 Å². The molecule has 0 radical (unpaired) electrons. The number of rotatable bonds is 4. The predicted molar refractivity (Wildman–Crippen MR) is 86.8 cm³/mol. The maximum Gasteiger partial charge on any atom is 0.317 e. The molecule has 0 saturated carbocycles. The lowest BCUT2D eigenvalue weighted by Gasteiger charge is -2.35. The van der Waals surface area contributed by atoms with Crippen molar-refractivity contribution < 1.29 is 14.0 Å². The zero-order chi connectivity index (χ0) is 17.0. The second-order valence-corrected chi connectivity index (χ2v) is 6.27. The van der Waals surface area contributed by atoms with Crippen molar-refractivity contribution in [2.75, 3.05) is 20.1 Å². The van der Waals surface area contributed by atoms with Crippen LogP contribution >= 0.6 is 11.6 Å². The van der Waals surface area contributed by atoms with E-state index in [9.17, 15) is 14.0 Å². The summed E-state index contributed by atoms with van der Waals surface area (Å²) < 4.78 is 13.8. The number of carbonyl (C=O) groups excluding carboxylic acids is 2. The van der Waals surface area contributed by atoms with Gasteiger partial charge in [-0.25, -0.2) is 9.18 Å². The number of aryl methyl sites for hydroxylation is 1. The minimum atomic E-state index is -0.437. The number of likely N-dealkylation sites (tertiary alicyclic amines) is 1. The van der Waals surface area contributed by atoms with E-state index in [4.69, 9.17) is 11.6 Å². The number of amides is 3. The Kier molecular flexibility index (Phi) is 5.82. The highest BCUT2D eigenvalue weighted by Gasteiger charge is 2.25. The van der Waals surface area contributed by atoms with Gasteiger partial charge in [-0.2, -0.15) is 0 Å². The maximum atomic E-state index is 13.8. The summed E-state index contributed by atoms with van der Waals surface area (Å²) in [5.41, 5.74) is 1.16. The minimum Gasteiger partial charge on any atom is -0.343 e. The van der Waals surface area contributed by atoms with E-state index >= 15 is 0 Å². The highest BCUT2D eigenvalue weighted by Crippen LogP contribution is 2.20. The fourth-order valence-corrected chi connectivity index (χ4v) is 2.86. The average molecular weight is 342 g/mol. The van der Waals surface area contributed by atoms with E-state index in [0.29, 0.717) is 17.1 Å². The Morgan fingerprint density at radius 1 is 1.57 bits per heavy atom. The van der Waals surface area contributed by atoms with Crippen molar-refractivity contribution in [3.63, 3.8) is 0 Å². The van der Waals surface area contributed by atoms with Crippen LogP contribution in [0, 0.1) is 12.7 Å². The lowest BCUT2D eigenvalue weighted by molar-refractivity contribution is -0.119. The van der Waals surface area contributed by atoms with Gasteiger partial charge in [-0.1, -0.05) is 11.6 Å². The fraction of sp³-hybridized carbons (Fsp3) is 0.500. The number of hydrogen-bond donors (Lipinski definition) is 1. The molecule has 1 aromatic carbocycles. The topological polar surface area (TPSA) is 52.7 Å². The SMILES string of the molecule is Cc1cc(CNC(=O)N(C)C2CCCN(C=O)C2)c(F)cc1Cl. The van der Waals surface area contributed by atoms with Gasteiger partial charge in [0, 0.05) is 37.3 Å². The van der Waals surface area contributed by atoms with Gasteiger partial charge in [-0.05, 0) is 37.5 Å². The van der Waals surface area contributed by atoms with Crippen LogP contribution in [-0.2, 0) is 11.3 Å². The molecular formula is C16H21ClFN3O2. The summed E-state index contributed by atoms with van der Waals surface area (Å²) in [5, 5.41) is 3.08. The summed E-state index contributed by atoms with van der Waals surface area (Å²) >= 11 is 5.86. The molecule has 1 aliphatic heterocycles. The Bertz CT molecular complexity index is 597. The second kappa shape index (κ2) is 7.64. The van der Waals surface area contributed by atoms with E-state index in [2.05, 4.69) is 5.32 Å². The summed E-state index contributed by atoms with van der Waals surface area (Å²) in [4.78, 5) is 26.3. The van der Waals surface area contributed by atoms with Crippen LogP contribution in [0.5, 0.6) is 0 Å². The van der Waals surface area contributed by atoms with Crippen LogP contribution in [0.2, 0.25) is 5.02 Å². The summed E-state index contributed by atoms with van der Waals surface area (Å²) in [7, 11) is 1.69. The van der Waals surface area contributed by atoms with Crippen molar-refractivity contribution in [2.24, 2.45) is 0 Å². The highest BCUT2D eigenvalue weighted by molar-refractivity contribution is 6.31. The summed E-state index contributed by atoms with van der Waals surface area (Å²) in [6, 6.07) is 2.58. The molecule has 1 unspecified atom stereocenters. The van der Waals surface area contributed by atoms with E-state index in [-0.39, 0.29) is 18.6 Å². The largest absolute Gasteiger partial charge is 0.343 e. The third-order valence-corrected chi connectivity index (χ3v) is 4.61. The van der Waals surface area contributed by atoms with Gasteiger partial charge in [-0.15, -0.1) is 0 Å². The van der Waals surface area contributed by atoms with Crippen LogP contribution < -0.4 is 5.32 Å². The fourth-order valence-electron chi connectivity index (χ4n) is 2.71. The summed E-state index contributed by atoms with van der Waals surface area (Å²) in [5.74, 6) is -0.437. The molecule has 1 aliphatic rings. The molecular weight excluding hydrogens is 321 g/mol. The third kappa shape index (κ3) is 4.34. The number of nitrogens with one attached hydrogen (secondary N) is 1. The first kappa shape index (κ1) is 17.5. The van der Waals surface area contributed by atoms with Gasteiger partial charge in [0.25, 0.3) is 0 Å². The molecule has 3 amide bonds. The molecule has 1 fully saturated rings. The normalized spacial score (nSPS) is 17.7. The van der Waals surface area contributed by atoms with Crippen molar-refractivity contribution in [3.05, 3.63) is 34.1 Å². The number of piperidine rings is 1. The molecule has 5 nitrogen and oxygen atoms in total. The van der Waals surface area contributed by atoms with E-state index in [1.807, 2.05) is 0 Å². The molecule has 0 aliphatic carbocycles. The number of carbonyl (C=O) groups is 2. The summed E-state index contributed by atoms with van der Waals surface area (Å²) in [6.45, 7) is 3.14. The molecule has 23 heavy (non-hydrogen) atoms. The standard InChI is InChI=1S/C16H21ClFN3O2/c1-11-6-12(15(18)7-14(11)17)8-19-16(23)20(2)13-4-3-5-21(9-13)10-22/h6-7,10,13H,3-5,8-9H2,1-2H3,(H,19,23). The molecule has 1 heterocycles. The van der Waals surface area contributed by atoms with Gasteiger partial charge in [0.2, 0.25) is 6.41 Å². The third-order valence-electron chi connectivity index (χ3n) is 4.20. The quantitative estimate of drug-likeness (QED) is 0.856. The predicted octanol–water partition coefficient (Wildman–Crippen LogP) is 2.55. The number of benzene rings is 1. The van der Waals surface area contributed by atoms with Gasteiger partial charge in [0.05, 0.1) is 6.04 Å². The van der Waals surface area contributed by atoms with Crippen molar-refractivity contribution in [1.82, 2.24) is 15.1 Å². The number of nitrogens with zero attached hydrogens (tertiary/aromatic N) is 2. The molecule has 0 bridgehead atoms. The van der Waals surface area contributed by atoms with Gasteiger partial charge < -0.3 is 15.1 Å². The minimum absolute atomic E-state index is 0.0225. The van der Waals surface area contributed by atoms with E-state index in [1.165, 1.54) is 6.07 Å². The Labute approximate surface area is 140 Å². The van der Waals surface area contributed by atoms with Crippen LogP contribution in [0.25, 0.3) is 0 Å². The van der Waals surface area contributed by atoms with Crippen LogP contribution in [0.1, 0.15) is 24.0 Å². The van der Waals surface area contributed by atoms with Crippen molar-refractivity contribution in [1.29, 1.82) is 0 Å². The Hall–Kier alpha value is -1.82. The van der Waals surface area contributed by atoms with Crippen molar-refractivity contribution >= 4 is 24.0 Å². The first-order valence-corrected chi connectivity index (χ1v) is 7.94. The molecule has 1 N–H and O–H groups in total. The van der Waals surface area contributed by atoms with Gasteiger partial charge >= 0.3 is 6.03 Å². The monoisotopic (exact) mass is 341 g/mol. The number of halogens is 2. The molecule has 2 rings (SSSR count). The molecule has 1 atom stereocenters. The zero-order valence-electron chi connectivity index (χ0n) is 13.3. The van der Waals surface area contributed by atoms with Gasteiger partial charge in [0.1, 0.15) is 5.82 Å². The van der Waals surface area contributed by atoms with Crippen molar-refractivity contribution in [3.8, 4) is 0 Å². The first-order chi connectivity index (χ1) is 10.9. The van der Waals surface area contributed by atoms with Crippen LogP contribution in [0.3, 0.4) is 0 Å². The summed E-state index contributed by atoms with van der Waals surface area (Å²) in [6.07, 6.45) is 2.53. The lowest BCUT2D eigenvalue weighted by Crippen LogP contribution is -2.50. The molecule has 0 spiro atoms. The Morgan fingerprint density at radius 2 is 2.30 bits per heavy atom. The number of likely N-dealkylation sites (N-methyl/N-ethyl adjacent to an activating group) is 1. The van der Waals surface area contributed by atoms with E-state index in [1.54, 1.807) is 29.8 Å². The highest BCUT2D eigenvalue weighted by atomic mass is 35.5. The van der Waals surface area contributed by atoms with Gasteiger partial charge in [0.15, 0.2) is 0 Å². The van der Waals surface area contributed by atoms with Crippen LogP contribution in [0.4, 0.5) is 9.18 Å². The van der Waals surface area contributed by atoms with E-state index in [0.717, 1.165) is 31.4 Å². The number of urea groups is 1. The maximum absolute atomic E-state index is 13.8. The zero-order valence-corrected chi connectivity index (χ0v) is 14.1. The smallest absolute Gasteiger partial charge is 0.317 e. The van der Waals surface area contributed by atoms with Crippen LogP contribution in [0.15, 0.2) is 12.1 Å². The van der Waals surface area contributed by atoms with E-state index < -0.39 is 5.82 Å². The Balaban J connectivity index is 1.94. The lowest BCUT2D eigenvalue weighted by atomic mass is 10.1. The molecule has 126 valence electrons. The molecule has 0 aromatic heterocycles. The second-order valence-electron chi connectivity index (χ2n) is 5.86. The van der Waals surface area contributed by atoms with Crippen molar-refractivity contribution in [2.45, 2.75) is 32.4 Å². The molecule has 7 heteroatoms. The average Bonchev–Trinajstić information content (AvgIpc) is 2.56. The molecule has 1 aromatic rings. The Morgan fingerprint density at radius 3 is 3.00 bits per heavy atom. The van der Waals surface area contributed by atoms with Crippen LogP contribution in [-0.4, -0.2) is 48.4 Å². The molecule has 1 saturated heterocycles.